The van der Waals surface area contributed by atoms with E-state index in [9.17, 15) is 60.7 Å². The quantitative estimate of drug-likeness (QED) is 0.195. The van der Waals surface area contributed by atoms with Crippen molar-refractivity contribution in [2.24, 2.45) is 0 Å². The number of unbranched alkanes of at least 4 members (excludes halogenated alkanes) is 2. The van der Waals surface area contributed by atoms with Crippen LogP contribution in [-0.2, 0) is 19.7 Å². The molecule has 1 fully saturated rings. The fourth-order valence-corrected chi connectivity index (χ4v) is 8.76. The maximum absolute atomic E-state index is 13.9. The zero-order valence-corrected chi connectivity index (χ0v) is 26.8. The van der Waals surface area contributed by atoms with Crippen molar-refractivity contribution in [2.45, 2.75) is 75.2 Å². The van der Waals surface area contributed by atoms with E-state index in [2.05, 4.69) is 13.8 Å². The number of halogens is 10. The van der Waals surface area contributed by atoms with Gasteiger partial charge in [-0.15, -0.1) is 0 Å². The zero-order chi connectivity index (χ0) is 35.9. The van der Waals surface area contributed by atoms with Gasteiger partial charge >= 0.3 is 22.9 Å². The summed E-state index contributed by atoms with van der Waals surface area (Å²) < 4.78 is 183. The third-order valence-corrected chi connectivity index (χ3v) is 12.0. The molecule has 1 aromatic carbocycles. The van der Waals surface area contributed by atoms with Crippen LogP contribution in [-0.4, -0.2) is 76.1 Å². The summed E-state index contributed by atoms with van der Waals surface area (Å²) in [4.78, 5) is -5.57. The first-order valence-electron chi connectivity index (χ1n) is 14.5. The minimum Gasteiger partial charge on any atom is -0.324 e. The lowest BCUT2D eigenvalue weighted by Gasteiger charge is -2.34. The third-order valence-electron chi connectivity index (χ3n) is 8.22. The summed E-state index contributed by atoms with van der Waals surface area (Å²) in [6.07, 6.45) is -4.66. The SMILES string of the molecule is CCCC[N+]1(CCCC)CCCC1.N=C1C2=Cc3ccccc3C2=CC(S(=O)(=O)C(F)(F)C(F)(F)F)=C1S(=O)(=O)C(F)(F)C(F)(F)F. The number of fused-ring (bicyclic) bond motifs is 3. The molecular formula is C29H33F10N2O4S2+. The molecule has 4 rings (SSSR count). The number of likely N-dealkylation sites (tertiary alicyclic amines) is 1. The molecule has 0 atom stereocenters. The Labute approximate surface area is 265 Å². The molecule has 0 saturated carbocycles. The van der Waals surface area contributed by atoms with E-state index < -0.39 is 69.2 Å². The van der Waals surface area contributed by atoms with Gasteiger partial charge in [0.05, 0.1) is 36.8 Å². The molecule has 1 aliphatic heterocycles. The average molecular weight is 728 g/mol. The molecule has 1 aromatic rings. The Morgan fingerprint density at radius 1 is 0.702 bits per heavy atom. The minimum atomic E-state index is -7.40. The standard InChI is InChI=1S/C17H7F10NO4S2.C12H26N/c18-14(19,20)16(24,25)33(29,30)11-6-9-8-4-2-1-3-7(8)5-10(9)12(28)13(11)34(31,32)17(26,27)15(21,22)23;1-3-5-9-13(10-6-4-2)11-7-8-12-13/h1-6,28H;3-12H2,1-2H3/q;+1. The monoisotopic (exact) mass is 727 g/mol. The number of hydrogen-bond donors (Lipinski definition) is 1. The molecule has 0 radical (unpaired) electrons. The second kappa shape index (κ2) is 13.3. The third kappa shape index (κ3) is 6.91. The molecule has 264 valence electrons. The van der Waals surface area contributed by atoms with Crippen molar-refractivity contribution in [2.75, 3.05) is 26.2 Å². The molecule has 47 heavy (non-hydrogen) atoms. The first kappa shape index (κ1) is 38.7. The lowest BCUT2D eigenvalue weighted by Crippen LogP contribution is -2.48. The maximum Gasteiger partial charge on any atom is 0.469 e. The van der Waals surface area contributed by atoms with Gasteiger partial charge < -0.3 is 4.48 Å². The summed E-state index contributed by atoms with van der Waals surface area (Å²) in [5, 5.41) is -5.85. The van der Waals surface area contributed by atoms with Gasteiger partial charge in [0.1, 0.15) is 4.91 Å². The Kier molecular flexibility index (Phi) is 10.9. The lowest BCUT2D eigenvalue weighted by atomic mass is 9.95. The molecular weight excluding hydrogens is 694 g/mol. The number of allylic oxidation sites excluding steroid dienone is 4. The first-order chi connectivity index (χ1) is 21.4. The smallest absolute Gasteiger partial charge is 0.324 e. The molecule has 18 heteroatoms. The number of rotatable bonds is 10. The van der Waals surface area contributed by atoms with Crippen molar-refractivity contribution in [3.8, 4) is 0 Å². The summed E-state index contributed by atoms with van der Waals surface area (Å²) in [6, 6.07) is 4.95. The van der Waals surface area contributed by atoms with E-state index >= 15 is 0 Å². The van der Waals surface area contributed by atoms with E-state index in [0.717, 1.165) is 12.1 Å². The van der Waals surface area contributed by atoms with E-state index in [0.29, 0.717) is 0 Å². The minimum absolute atomic E-state index is 0.0223. The van der Waals surface area contributed by atoms with Crippen LogP contribution in [0.3, 0.4) is 0 Å². The summed E-state index contributed by atoms with van der Waals surface area (Å²) in [5.41, 5.74) is -3.48. The van der Waals surface area contributed by atoms with Crippen LogP contribution in [0.1, 0.15) is 63.5 Å². The molecule has 3 aliphatic rings. The highest BCUT2D eigenvalue weighted by molar-refractivity contribution is 8.01. The van der Waals surface area contributed by atoms with Gasteiger partial charge in [0.15, 0.2) is 0 Å². The maximum atomic E-state index is 13.9. The highest BCUT2D eigenvalue weighted by Gasteiger charge is 2.72. The molecule has 1 saturated heterocycles. The molecule has 0 amide bonds. The van der Waals surface area contributed by atoms with E-state index in [1.807, 2.05) is 0 Å². The molecule has 1 N–H and O–H groups in total. The Bertz CT molecular complexity index is 1680. The van der Waals surface area contributed by atoms with Gasteiger partial charge in [-0.25, -0.2) is 16.8 Å². The summed E-state index contributed by atoms with van der Waals surface area (Å²) in [6.45, 7) is 10.5. The average Bonchev–Trinajstić information content (AvgIpc) is 3.59. The van der Waals surface area contributed by atoms with Crippen LogP contribution in [0.2, 0.25) is 0 Å². The summed E-state index contributed by atoms with van der Waals surface area (Å²) >= 11 is 0. The number of benzene rings is 1. The number of sulfone groups is 2. The van der Waals surface area contributed by atoms with Crippen LogP contribution in [0.25, 0.3) is 11.6 Å². The van der Waals surface area contributed by atoms with Gasteiger partial charge in [-0.05, 0) is 41.7 Å². The molecule has 1 heterocycles. The van der Waals surface area contributed by atoms with Crippen molar-refractivity contribution >= 4 is 37.0 Å². The normalized spacial score (nSPS) is 18.7. The Morgan fingerprint density at radius 2 is 1.17 bits per heavy atom. The van der Waals surface area contributed by atoms with Crippen molar-refractivity contribution in [1.82, 2.24) is 0 Å². The second-order valence-electron chi connectivity index (χ2n) is 11.5. The molecule has 0 spiro atoms. The fraction of sp³-hybridized carbons (Fsp3) is 0.552. The summed E-state index contributed by atoms with van der Waals surface area (Å²) in [7, 11) is -14.7. The van der Waals surface area contributed by atoms with Gasteiger partial charge in [0.25, 0.3) is 19.7 Å². The molecule has 0 bridgehead atoms. The van der Waals surface area contributed by atoms with Crippen molar-refractivity contribution in [3.05, 3.63) is 56.9 Å². The molecule has 0 aromatic heterocycles. The number of nitrogens with one attached hydrogen (secondary N) is 1. The molecule has 6 nitrogen and oxygen atoms in total. The number of quaternary nitrogens is 1. The van der Waals surface area contributed by atoms with Gasteiger partial charge in [0, 0.05) is 18.4 Å². The molecule has 0 unspecified atom stereocenters. The Balaban J connectivity index is 0.000000386. The van der Waals surface area contributed by atoms with Crippen LogP contribution >= 0.6 is 0 Å². The van der Waals surface area contributed by atoms with Crippen LogP contribution < -0.4 is 0 Å². The largest absolute Gasteiger partial charge is 0.469 e. The van der Waals surface area contributed by atoms with Crippen LogP contribution in [0.15, 0.2) is 45.7 Å². The highest BCUT2D eigenvalue weighted by atomic mass is 32.2. The Morgan fingerprint density at radius 3 is 1.64 bits per heavy atom. The topological polar surface area (TPSA) is 92.1 Å². The van der Waals surface area contributed by atoms with Gasteiger partial charge in [0.2, 0.25) is 0 Å². The lowest BCUT2D eigenvalue weighted by molar-refractivity contribution is -0.917. The second-order valence-corrected chi connectivity index (χ2v) is 15.3. The van der Waals surface area contributed by atoms with E-state index in [1.165, 1.54) is 87.4 Å². The van der Waals surface area contributed by atoms with Crippen LogP contribution in [0.4, 0.5) is 43.9 Å². The predicted molar refractivity (Wildman–Crippen MR) is 156 cm³/mol. The van der Waals surface area contributed by atoms with Gasteiger partial charge in [-0.2, -0.15) is 43.9 Å². The highest BCUT2D eigenvalue weighted by Crippen LogP contribution is 2.52. The van der Waals surface area contributed by atoms with Gasteiger partial charge in [-0.1, -0.05) is 51.0 Å². The fourth-order valence-electron chi connectivity index (χ4n) is 5.64. The number of nitrogens with zero attached hydrogens (tertiary/aromatic N) is 1. The van der Waals surface area contributed by atoms with E-state index in [-0.39, 0.29) is 17.2 Å². The first-order valence-corrected chi connectivity index (χ1v) is 17.5. The van der Waals surface area contributed by atoms with Crippen LogP contribution in [0, 0.1) is 5.41 Å². The Hall–Kier alpha value is -2.73. The van der Waals surface area contributed by atoms with Crippen LogP contribution in [0.5, 0.6) is 0 Å². The number of alkyl halides is 10. The predicted octanol–water partition coefficient (Wildman–Crippen LogP) is 8.05. The summed E-state index contributed by atoms with van der Waals surface area (Å²) in [5.74, 6) is 0. The number of hydrogen-bond acceptors (Lipinski definition) is 5. The molecule has 2 aliphatic carbocycles. The van der Waals surface area contributed by atoms with E-state index in [4.69, 9.17) is 5.41 Å². The van der Waals surface area contributed by atoms with Gasteiger partial charge in [-0.3, -0.25) is 5.41 Å². The van der Waals surface area contributed by atoms with Crippen molar-refractivity contribution < 1.29 is 65.2 Å². The van der Waals surface area contributed by atoms with Crippen molar-refractivity contribution in [1.29, 1.82) is 5.41 Å². The zero-order valence-electron chi connectivity index (χ0n) is 25.2. The van der Waals surface area contributed by atoms with Crippen molar-refractivity contribution in [3.63, 3.8) is 0 Å². The van der Waals surface area contributed by atoms with E-state index in [1.54, 1.807) is 0 Å².